The predicted molar refractivity (Wildman–Crippen MR) is 136 cm³/mol. The van der Waals surface area contributed by atoms with Crippen LogP contribution >= 0.6 is 23.4 Å². The molecule has 0 atom stereocenters. The average Bonchev–Trinajstić information content (AvgIpc) is 3.24. The molecule has 3 heterocycles. The maximum absolute atomic E-state index is 13.4. The lowest BCUT2D eigenvalue weighted by atomic mass is 10.2. The number of thioether (sulfide) groups is 1. The van der Waals surface area contributed by atoms with Crippen LogP contribution in [0.2, 0.25) is 5.02 Å². The van der Waals surface area contributed by atoms with Gasteiger partial charge in [-0.3, -0.25) is 0 Å². The summed E-state index contributed by atoms with van der Waals surface area (Å²) in [5.41, 5.74) is 3.95. The highest BCUT2D eigenvalue weighted by Gasteiger charge is 2.15. The van der Waals surface area contributed by atoms with Crippen molar-refractivity contribution in [1.29, 1.82) is 0 Å². The Morgan fingerprint density at radius 2 is 1.79 bits per heavy atom. The molecule has 5 rings (SSSR count). The van der Waals surface area contributed by atoms with Crippen LogP contribution < -0.4 is 10.2 Å². The molecule has 0 saturated carbocycles. The van der Waals surface area contributed by atoms with Gasteiger partial charge in [0.15, 0.2) is 0 Å². The third-order valence-electron chi connectivity index (χ3n) is 5.78. The van der Waals surface area contributed by atoms with Crippen LogP contribution in [0.1, 0.15) is 11.3 Å². The maximum Gasteiger partial charge on any atom is 0.255 e. The average molecular weight is 498 g/mol. The van der Waals surface area contributed by atoms with Crippen molar-refractivity contribution in [3.63, 3.8) is 0 Å². The summed E-state index contributed by atoms with van der Waals surface area (Å²) in [5.74, 6) is 1.47. The largest absolute Gasteiger partial charge is 0.369 e. The zero-order valence-electron chi connectivity index (χ0n) is 19.0. The fraction of sp³-hybridized carbons (Fsp3) is 0.292. The molecular weight excluding hydrogens is 473 g/mol. The highest BCUT2D eigenvalue weighted by molar-refractivity contribution is 7.98. The van der Waals surface area contributed by atoms with Crippen molar-refractivity contribution in [2.24, 2.45) is 0 Å². The summed E-state index contributed by atoms with van der Waals surface area (Å²) in [6.45, 7) is 6.17. The van der Waals surface area contributed by atoms with Gasteiger partial charge in [0.2, 0.25) is 5.16 Å². The lowest BCUT2D eigenvalue weighted by Gasteiger charge is -2.34. The highest BCUT2D eigenvalue weighted by atomic mass is 35.5. The molecule has 0 radical (unpaired) electrons. The first-order valence-electron chi connectivity index (χ1n) is 11.1. The van der Waals surface area contributed by atoms with Gasteiger partial charge in [0.1, 0.15) is 11.6 Å². The van der Waals surface area contributed by atoms with Crippen LogP contribution in [-0.2, 0) is 5.75 Å². The van der Waals surface area contributed by atoms with Crippen LogP contribution in [0.25, 0.3) is 5.78 Å². The van der Waals surface area contributed by atoms with E-state index in [9.17, 15) is 4.39 Å². The number of rotatable bonds is 6. The molecule has 0 aliphatic carbocycles. The molecule has 1 fully saturated rings. The molecule has 2 aromatic carbocycles. The number of piperazine rings is 1. The van der Waals surface area contributed by atoms with E-state index in [1.54, 1.807) is 16.6 Å². The summed E-state index contributed by atoms with van der Waals surface area (Å²) in [6, 6.07) is 15.1. The summed E-state index contributed by atoms with van der Waals surface area (Å²) in [7, 11) is 2.16. The number of fused-ring (bicyclic) bond motifs is 1. The zero-order chi connectivity index (χ0) is 23.7. The first-order valence-corrected chi connectivity index (χ1v) is 12.4. The summed E-state index contributed by atoms with van der Waals surface area (Å²) in [6.07, 6.45) is 0. The number of aromatic nitrogens is 4. The third-order valence-corrected chi connectivity index (χ3v) is 6.98. The Kier molecular flexibility index (Phi) is 6.58. The number of hydrogen-bond donors (Lipinski definition) is 1. The first-order chi connectivity index (χ1) is 16.4. The lowest BCUT2D eigenvalue weighted by Crippen LogP contribution is -2.44. The summed E-state index contributed by atoms with van der Waals surface area (Å²) >= 11 is 7.34. The smallest absolute Gasteiger partial charge is 0.255 e. The molecule has 0 bridgehead atoms. The first kappa shape index (κ1) is 22.9. The Bertz CT molecular complexity index is 1300. The second-order valence-corrected chi connectivity index (χ2v) is 9.74. The van der Waals surface area contributed by atoms with Crippen LogP contribution in [-0.4, -0.2) is 57.7 Å². The van der Waals surface area contributed by atoms with Crippen LogP contribution in [0.5, 0.6) is 0 Å². The molecular formula is C24H25ClFN7S. The highest BCUT2D eigenvalue weighted by Crippen LogP contribution is 2.26. The minimum absolute atomic E-state index is 0.114. The predicted octanol–water partition coefficient (Wildman–Crippen LogP) is 5.01. The van der Waals surface area contributed by atoms with E-state index in [0.29, 0.717) is 16.7 Å². The summed E-state index contributed by atoms with van der Waals surface area (Å²) < 4.78 is 15.1. The monoisotopic (exact) mass is 497 g/mol. The molecule has 10 heteroatoms. The van der Waals surface area contributed by atoms with Crippen LogP contribution in [0.3, 0.4) is 0 Å². The van der Waals surface area contributed by atoms with Crippen LogP contribution in [0.15, 0.2) is 53.7 Å². The number of hydrogen-bond acceptors (Lipinski definition) is 7. The number of aryl methyl sites for hydroxylation is 1. The molecule has 4 aromatic rings. The number of likely N-dealkylation sites (N-methyl/N-ethyl adjacent to an activating group) is 1. The Balaban J connectivity index is 1.32. The molecule has 34 heavy (non-hydrogen) atoms. The minimum Gasteiger partial charge on any atom is -0.369 e. The van der Waals surface area contributed by atoms with Crippen molar-refractivity contribution in [1.82, 2.24) is 24.5 Å². The van der Waals surface area contributed by atoms with Gasteiger partial charge in [-0.15, -0.1) is 5.10 Å². The molecule has 1 aliphatic rings. The van der Waals surface area contributed by atoms with Crippen molar-refractivity contribution in [2.45, 2.75) is 17.8 Å². The van der Waals surface area contributed by atoms with Crippen LogP contribution in [0.4, 0.5) is 21.6 Å². The van der Waals surface area contributed by atoms with Gasteiger partial charge >= 0.3 is 0 Å². The van der Waals surface area contributed by atoms with Gasteiger partial charge in [-0.05, 0) is 55.9 Å². The molecule has 0 spiro atoms. The molecule has 176 valence electrons. The number of nitrogens with one attached hydrogen (secondary N) is 1. The van der Waals surface area contributed by atoms with Crippen molar-refractivity contribution < 1.29 is 4.39 Å². The molecule has 0 unspecified atom stereocenters. The second kappa shape index (κ2) is 9.77. The van der Waals surface area contributed by atoms with Gasteiger partial charge in [0.25, 0.3) is 5.78 Å². The third kappa shape index (κ3) is 5.11. The Hall–Kier alpha value is -2.88. The molecule has 1 N–H and O–H groups in total. The van der Waals surface area contributed by atoms with Gasteiger partial charge in [0, 0.05) is 55.1 Å². The van der Waals surface area contributed by atoms with E-state index in [-0.39, 0.29) is 5.02 Å². The standard InChI is InChI=1S/C24H25ClFN7S/c1-16-13-22(28-18-4-6-19(7-5-18)32-11-9-31(2)10-12-32)33-23(27-16)29-24(30-33)34-15-17-3-8-21(26)20(25)14-17/h3-8,13-14,28H,9-12,15H2,1-2H3. The van der Waals surface area contributed by atoms with Crippen molar-refractivity contribution >= 4 is 46.3 Å². The van der Waals surface area contributed by atoms with Gasteiger partial charge in [-0.1, -0.05) is 29.4 Å². The lowest BCUT2D eigenvalue weighted by molar-refractivity contribution is 0.313. The van der Waals surface area contributed by atoms with Crippen LogP contribution in [0, 0.1) is 12.7 Å². The van der Waals surface area contributed by atoms with E-state index in [2.05, 4.69) is 61.5 Å². The summed E-state index contributed by atoms with van der Waals surface area (Å²) in [4.78, 5) is 13.8. The molecule has 0 amide bonds. The number of anilines is 3. The van der Waals surface area contributed by atoms with E-state index < -0.39 is 5.82 Å². The number of benzene rings is 2. The van der Waals surface area contributed by atoms with Crippen molar-refractivity contribution in [2.75, 3.05) is 43.4 Å². The maximum atomic E-state index is 13.4. The van der Waals surface area contributed by atoms with E-state index in [1.165, 1.54) is 23.5 Å². The normalized spacial score (nSPS) is 14.6. The molecule has 2 aromatic heterocycles. The quantitative estimate of drug-likeness (QED) is 0.375. The second-order valence-electron chi connectivity index (χ2n) is 8.39. The van der Waals surface area contributed by atoms with Gasteiger partial charge < -0.3 is 15.1 Å². The fourth-order valence-electron chi connectivity index (χ4n) is 3.86. The van der Waals surface area contributed by atoms with E-state index in [4.69, 9.17) is 11.6 Å². The molecule has 1 saturated heterocycles. The molecule has 7 nitrogen and oxygen atoms in total. The Morgan fingerprint density at radius 3 is 2.53 bits per heavy atom. The van der Waals surface area contributed by atoms with E-state index >= 15 is 0 Å². The van der Waals surface area contributed by atoms with Gasteiger partial charge in [-0.25, -0.2) is 9.37 Å². The number of halogens is 2. The Morgan fingerprint density at radius 1 is 1.03 bits per heavy atom. The Labute approximate surface area is 207 Å². The van der Waals surface area contributed by atoms with Gasteiger partial charge in [0.05, 0.1) is 5.02 Å². The summed E-state index contributed by atoms with van der Waals surface area (Å²) in [5, 5.41) is 8.78. The zero-order valence-corrected chi connectivity index (χ0v) is 20.6. The van der Waals surface area contributed by atoms with E-state index in [0.717, 1.165) is 48.9 Å². The van der Waals surface area contributed by atoms with Crippen molar-refractivity contribution in [3.05, 3.63) is 70.6 Å². The van der Waals surface area contributed by atoms with Crippen molar-refractivity contribution in [3.8, 4) is 0 Å². The van der Waals surface area contributed by atoms with Gasteiger partial charge in [-0.2, -0.15) is 9.50 Å². The topological polar surface area (TPSA) is 61.6 Å². The SMILES string of the molecule is Cc1cc(Nc2ccc(N3CCN(C)CC3)cc2)n2nc(SCc3ccc(F)c(Cl)c3)nc2n1. The minimum atomic E-state index is -0.423. The number of nitrogens with zero attached hydrogens (tertiary/aromatic N) is 6. The fourth-order valence-corrected chi connectivity index (χ4v) is 4.83. The van der Waals surface area contributed by atoms with E-state index in [1.807, 2.05) is 13.0 Å². The molecule has 1 aliphatic heterocycles.